The molecule has 236 valence electrons. The van der Waals surface area contributed by atoms with E-state index in [1.807, 2.05) is 31.2 Å². The predicted octanol–water partition coefficient (Wildman–Crippen LogP) is 6.58. The number of likely N-dealkylation sites (tertiary alicyclic amines) is 1. The molecule has 11 nitrogen and oxygen atoms in total. The van der Waals surface area contributed by atoms with E-state index >= 15 is 0 Å². The number of nitrogens with zero attached hydrogens (tertiary/aromatic N) is 5. The zero-order chi connectivity index (χ0) is 32.4. The van der Waals surface area contributed by atoms with Crippen LogP contribution in [0.15, 0.2) is 85.2 Å². The monoisotopic (exact) mass is 642 g/mol. The smallest absolute Gasteiger partial charge is 0.407 e. The molecule has 46 heavy (non-hydrogen) atoms. The van der Waals surface area contributed by atoms with Crippen LogP contribution >= 0.6 is 0 Å². The highest BCUT2D eigenvalue weighted by Crippen LogP contribution is 2.41. The number of rotatable bonds is 8. The lowest BCUT2D eigenvalue weighted by molar-refractivity contribution is 0.132. The van der Waals surface area contributed by atoms with E-state index in [1.54, 1.807) is 36.7 Å². The van der Waals surface area contributed by atoms with E-state index < -0.39 is 21.9 Å². The van der Waals surface area contributed by atoms with Gasteiger partial charge in [0.2, 0.25) is 21.9 Å². The fourth-order valence-corrected chi connectivity index (χ4v) is 6.64. The second kappa shape index (κ2) is 12.6. The van der Waals surface area contributed by atoms with Crippen LogP contribution in [0.2, 0.25) is 0 Å². The molecule has 1 aliphatic rings. The maximum Gasteiger partial charge on any atom is 0.407 e. The Morgan fingerprint density at radius 2 is 1.83 bits per heavy atom. The molecule has 0 aliphatic carbocycles. The van der Waals surface area contributed by atoms with Crippen LogP contribution in [0.3, 0.4) is 0 Å². The second-order valence-corrected chi connectivity index (χ2v) is 12.9. The van der Waals surface area contributed by atoms with Crippen molar-refractivity contribution in [3.05, 3.63) is 96.6 Å². The van der Waals surface area contributed by atoms with Gasteiger partial charge in [0.15, 0.2) is 0 Å². The van der Waals surface area contributed by atoms with Crippen molar-refractivity contribution >= 4 is 44.2 Å². The second-order valence-electron chi connectivity index (χ2n) is 11.0. The molecule has 0 bridgehead atoms. The third-order valence-corrected chi connectivity index (χ3v) is 8.79. The molecule has 1 saturated heterocycles. The quantitative estimate of drug-likeness (QED) is 0.192. The van der Waals surface area contributed by atoms with Crippen molar-refractivity contribution in [1.29, 1.82) is 0 Å². The van der Waals surface area contributed by atoms with Crippen LogP contribution in [-0.4, -0.2) is 64.9 Å². The van der Waals surface area contributed by atoms with Gasteiger partial charge in [-0.15, -0.1) is 0 Å². The molecule has 6 rings (SSSR count). The fourth-order valence-electron chi connectivity index (χ4n) is 5.61. The molecule has 3 heterocycles. The van der Waals surface area contributed by atoms with Crippen molar-refractivity contribution in [2.45, 2.75) is 25.8 Å². The van der Waals surface area contributed by atoms with Gasteiger partial charge in [0.25, 0.3) is 0 Å². The molecule has 1 fully saturated rings. The zero-order valence-corrected chi connectivity index (χ0v) is 25.9. The van der Waals surface area contributed by atoms with Crippen LogP contribution in [-0.2, 0) is 10.0 Å². The van der Waals surface area contributed by atoms with Crippen LogP contribution in [0.5, 0.6) is 11.6 Å². The van der Waals surface area contributed by atoms with Crippen molar-refractivity contribution < 1.29 is 27.4 Å². The highest BCUT2D eigenvalue weighted by molar-refractivity contribution is 7.92. The van der Waals surface area contributed by atoms with E-state index in [-0.39, 0.29) is 11.9 Å². The van der Waals surface area contributed by atoms with Gasteiger partial charge in [-0.05, 0) is 73.9 Å². The van der Waals surface area contributed by atoms with E-state index in [1.165, 1.54) is 33.5 Å². The molecule has 0 spiro atoms. The third kappa shape index (κ3) is 6.40. The number of sulfonamides is 1. The van der Waals surface area contributed by atoms with Gasteiger partial charge in [-0.1, -0.05) is 24.3 Å². The first-order chi connectivity index (χ1) is 22.1. The highest BCUT2D eigenvalue weighted by Gasteiger charge is 2.25. The predicted molar refractivity (Wildman–Crippen MR) is 174 cm³/mol. The van der Waals surface area contributed by atoms with Gasteiger partial charge >= 0.3 is 6.09 Å². The first-order valence-electron chi connectivity index (χ1n) is 14.6. The topological polar surface area (TPSA) is 138 Å². The summed E-state index contributed by atoms with van der Waals surface area (Å²) in [4.78, 5) is 26.4. The Morgan fingerprint density at radius 3 is 2.59 bits per heavy atom. The number of fused-ring (bicyclic) bond motifs is 1. The van der Waals surface area contributed by atoms with E-state index in [2.05, 4.69) is 20.3 Å². The Hall–Kier alpha value is -5.30. The number of amides is 1. The van der Waals surface area contributed by atoms with Gasteiger partial charge in [-0.25, -0.2) is 36.9 Å². The summed E-state index contributed by atoms with van der Waals surface area (Å²) in [5.74, 6) is 0.645. The summed E-state index contributed by atoms with van der Waals surface area (Å²) < 4.78 is 47.5. The van der Waals surface area contributed by atoms with E-state index in [9.17, 15) is 22.7 Å². The van der Waals surface area contributed by atoms with E-state index in [0.29, 0.717) is 58.2 Å². The summed E-state index contributed by atoms with van der Waals surface area (Å²) in [6.45, 7) is 2.72. The van der Waals surface area contributed by atoms with Gasteiger partial charge in [0.05, 0.1) is 28.9 Å². The Kier molecular flexibility index (Phi) is 8.41. The molecular formula is C33H31FN6O5S. The lowest BCUT2D eigenvalue weighted by atomic mass is 10.0. The minimum absolute atomic E-state index is 0.126. The number of aryl methyl sites for hydroxylation is 1. The minimum Gasteiger partial charge on any atom is -0.465 e. The number of hydrogen-bond acceptors (Lipinski definition) is 8. The van der Waals surface area contributed by atoms with E-state index in [0.717, 1.165) is 24.7 Å². The summed E-state index contributed by atoms with van der Waals surface area (Å²) >= 11 is 0. The molecular weight excluding hydrogens is 611 g/mol. The standard InChI is InChI=1S/C33H31FN6O5S/c1-21-10-15-25-26(7-3-9-29(25)40(46(2,43)44)24-13-11-22(34)12-14-24)30(21)45-31-27(8-4-17-35-31)28-16-18-36-32(38-28)37-23-6-5-19-39(20-23)33(41)42/h3-4,7-18,23H,5-6,19-20H2,1-2H3,(H,41,42)(H,36,37,38). The van der Waals surface area contributed by atoms with Crippen molar-refractivity contribution in [2.75, 3.05) is 29.0 Å². The zero-order valence-electron chi connectivity index (χ0n) is 25.1. The molecule has 1 aliphatic heterocycles. The van der Waals surface area contributed by atoms with Gasteiger partial charge < -0.3 is 20.1 Å². The molecule has 2 aromatic heterocycles. The van der Waals surface area contributed by atoms with Crippen LogP contribution in [0, 0.1) is 12.7 Å². The van der Waals surface area contributed by atoms with Gasteiger partial charge in [0, 0.05) is 42.3 Å². The SMILES string of the molecule is Cc1ccc2c(N(c3ccc(F)cc3)S(C)(=O)=O)cccc2c1Oc1ncccc1-c1ccnc(NC2CCCN(C(=O)O)C2)n1. The average molecular weight is 643 g/mol. The molecule has 1 amide bonds. The molecule has 13 heteroatoms. The molecule has 0 radical (unpaired) electrons. The number of pyridine rings is 1. The minimum atomic E-state index is -3.82. The number of carbonyl (C=O) groups is 1. The van der Waals surface area contributed by atoms with Gasteiger partial charge in [0.1, 0.15) is 11.6 Å². The first kappa shape index (κ1) is 30.7. The summed E-state index contributed by atoms with van der Waals surface area (Å²) in [5.41, 5.74) is 2.61. The number of aromatic nitrogens is 3. The lowest BCUT2D eigenvalue weighted by Crippen LogP contribution is -2.44. The number of carboxylic acid groups (broad SMARTS) is 1. The molecule has 0 saturated carbocycles. The van der Waals surface area contributed by atoms with Crippen molar-refractivity contribution in [1.82, 2.24) is 19.9 Å². The Bertz CT molecular complexity index is 2030. The Labute approximate surface area is 265 Å². The van der Waals surface area contributed by atoms with Crippen LogP contribution in [0.1, 0.15) is 18.4 Å². The van der Waals surface area contributed by atoms with E-state index in [4.69, 9.17) is 4.74 Å². The van der Waals surface area contributed by atoms with Crippen molar-refractivity contribution in [3.8, 4) is 22.9 Å². The number of benzene rings is 3. The van der Waals surface area contributed by atoms with Crippen LogP contribution in [0.4, 0.5) is 26.5 Å². The Balaban J connectivity index is 1.36. The molecule has 1 unspecified atom stereocenters. The molecule has 3 aromatic carbocycles. The maximum atomic E-state index is 13.7. The highest BCUT2D eigenvalue weighted by atomic mass is 32.2. The number of halogens is 1. The number of hydrogen-bond donors (Lipinski definition) is 2. The normalized spacial score (nSPS) is 15.0. The largest absolute Gasteiger partial charge is 0.465 e. The maximum absolute atomic E-state index is 13.7. The summed E-state index contributed by atoms with van der Waals surface area (Å²) in [5, 5.41) is 13.9. The van der Waals surface area contributed by atoms with Crippen LogP contribution in [0.25, 0.3) is 22.0 Å². The molecule has 5 aromatic rings. The lowest BCUT2D eigenvalue weighted by Gasteiger charge is -2.31. The number of nitrogens with one attached hydrogen (secondary N) is 1. The Morgan fingerprint density at radius 1 is 1.02 bits per heavy atom. The molecule has 1 atom stereocenters. The van der Waals surface area contributed by atoms with Crippen molar-refractivity contribution in [2.24, 2.45) is 0 Å². The fraction of sp³-hybridized carbons (Fsp3) is 0.212. The number of piperidine rings is 1. The number of ether oxygens (including phenoxy) is 1. The summed E-state index contributed by atoms with van der Waals surface area (Å²) in [6, 6.07) is 19.4. The third-order valence-electron chi connectivity index (χ3n) is 7.72. The van der Waals surface area contributed by atoms with Gasteiger partial charge in [-0.3, -0.25) is 0 Å². The van der Waals surface area contributed by atoms with Crippen molar-refractivity contribution in [3.63, 3.8) is 0 Å². The summed E-state index contributed by atoms with van der Waals surface area (Å²) in [7, 11) is -3.82. The van der Waals surface area contributed by atoms with Gasteiger partial charge in [-0.2, -0.15) is 0 Å². The number of anilines is 3. The van der Waals surface area contributed by atoms with Crippen LogP contribution < -0.4 is 14.4 Å². The first-order valence-corrected chi connectivity index (χ1v) is 16.4. The summed E-state index contributed by atoms with van der Waals surface area (Å²) in [6.07, 6.45) is 4.90. The molecule has 2 N–H and O–H groups in total. The average Bonchev–Trinajstić information content (AvgIpc) is 3.03.